The topological polar surface area (TPSA) is 105 Å². The van der Waals surface area contributed by atoms with Crippen LogP contribution < -0.4 is 5.32 Å². The van der Waals surface area contributed by atoms with E-state index in [4.69, 9.17) is 9.47 Å². The van der Waals surface area contributed by atoms with Crippen molar-refractivity contribution < 1.29 is 23.9 Å². The summed E-state index contributed by atoms with van der Waals surface area (Å²) in [5, 5.41) is 2.70. The summed E-state index contributed by atoms with van der Waals surface area (Å²) in [6.45, 7) is 7.42. The number of nitrogens with zero attached hydrogens (tertiary/aromatic N) is 4. The van der Waals surface area contributed by atoms with Crippen LogP contribution in [0.3, 0.4) is 0 Å². The number of pyridine rings is 1. The van der Waals surface area contributed by atoms with E-state index in [1.165, 1.54) is 0 Å². The van der Waals surface area contributed by atoms with Crippen LogP contribution in [0.15, 0.2) is 36.3 Å². The number of amides is 3. The third-order valence-electron chi connectivity index (χ3n) is 6.83. The van der Waals surface area contributed by atoms with Crippen LogP contribution in [-0.2, 0) is 14.3 Å². The van der Waals surface area contributed by atoms with Gasteiger partial charge in [-0.3, -0.25) is 14.9 Å². The molecular formula is C26H33N5O5. The van der Waals surface area contributed by atoms with Crippen molar-refractivity contribution in [2.24, 2.45) is 0 Å². The maximum absolute atomic E-state index is 13.4. The lowest BCUT2D eigenvalue weighted by atomic mass is 9.97. The third-order valence-corrected chi connectivity index (χ3v) is 6.83. The maximum Gasteiger partial charge on any atom is 0.412 e. The molecule has 2 aromatic rings. The van der Waals surface area contributed by atoms with E-state index in [1.807, 2.05) is 4.90 Å². The van der Waals surface area contributed by atoms with Gasteiger partial charge in [-0.1, -0.05) is 6.08 Å². The average molecular weight is 496 g/mol. The molecule has 1 aliphatic carbocycles. The highest BCUT2D eigenvalue weighted by Crippen LogP contribution is 2.29. The van der Waals surface area contributed by atoms with Crippen LogP contribution in [0.25, 0.3) is 5.52 Å². The molecule has 2 atom stereocenters. The number of hydrogen-bond donors (Lipinski definition) is 1. The van der Waals surface area contributed by atoms with Crippen LogP contribution in [0.2, 0.25) is 0 Å². The second-order valence-electron chi connectivity index (χ2n) is 10.6. The fourth-order valence-electron chi connectivity index (χ4n) is 5.19. The lowest BCUT2D eigenvalue weighted by molar-refractivity contribution is -0.147. The number of rotatable bonds is 3. The molecule has 0 aromatic carbocycles. The quantitative estimate of drug-likeness (QED) is 0.701. The first-order chi connectivity index (χ1) is 17.2. The normalized spacial score (nSPS) is 22.2. The molecule has 192 valence electrons. The number of anilines is 1. The Morgan fingerprint density at radius 2 is 2.00 bits per heavy atom. The molecule has 2 aromatic heterocycles. The predicted molar refractivity (Wildman–Crippen MR) is 133 cm³/mol. The Morgan fingerprint density at radius 3 is 2.75 bits per heavy atom. The minimum Gasteiger partial charge on any atom is -0.444 e. The second kappa shape index (κ2) is 9.57. The van der Waals surface area contributed by atoms with Crippen LogP contribution in [-0.4, -0.2) is 81.1 Å². The van der Waals surface area contributed by atoms with Crippen LogP contribution in [0.1, 0.15) is 56.9 Å². The number of allylic oxidation sites excluding steroid dienone is 1. The molecule has 2 fully saturated rings. The largest absolute Gasteiger partial charge is 0.444 e. The third kappa shape index (κ3) is 4.95. The zero-order chi connectivity index (χ0) is 25.4. The summed E-state index contributed by atoms with van der Waals surface area (Å²) in [6, 6.07) is 3.46. The lowest BCUT2D eigenvalue weighted by Gasteiger charge is -2.46. The molecule has 0 saturated carbocycles. The van der Waals surface area contributed by atoms with E-state index in [-0.39, 0.29) is 24.0 Å². The molecule has 0 spiro atoms. The highest BCUT2D eigenvalue weighted by molar-refractivity contribution is 5.99. The number of ether oxygens (including phenoxy) is 2. The molecule has 1 N–H and O–H groups in total. The summed E-state index contributed by atoms with van der Waals surface area (Å²) in [4.78, 5) is 46.6. The maximum atomic E-state index is 13.4. The highest BCUT2D eigenvalue weighted by Gasteiger charge is 2.41. The molecule has 0 bridgehead atoms. The first-order valence-electron chi connectivity index (χ1n) is 12.6. The number of piperidine rings is 1. The molecule has 0 radical (unpaired) electrons. The van der Waals surface area contributed by atoms with Gasteiger partial charge in [0.1, 0.15) is 11.9 Å². The van der Waals surface area contributed by atoms with Crippen molar-refractivity contribution >= 4 is 29.1 Å². The van der Waals surface area contributed by atoms with E-state index in [2.05, 4.69) is 16.4 Å². The number of carbonyl (C=O) groups is 3. The zero-order valence-electron chi connectivity index (χ0n) is 21.0. The van der Waals surface area contributed by atoms with Gasteiger partial charge in [-0.15, -0.1) is 0 Å². The Labute approximate surface area is 210 Å². The summed E-state index contributed by atoms with van der Waals surface area (Å²) >= 11 is 0. The Hall–Kier alpha value is -3.40. The Balaban J connectivity index is 1.26. The van der Waals surface area contributed by atoms with Gasteiger partial charge >= 0.3 is 6.09 Å². The number of imidazole rings is 1. The van der Waals surface area contributed by atoms with Crippen molar-refractivity contribution in [2.45, 2.75) is 64.2 Å². The number of morpholine rings is 1. The Morgan fingerprint density at radius 1 is 1.17 bits per heavy atom. The summed E-state index contributed by atoms with van der Waals surface area (Å²) < 4.78 is 13.0. The minimum atomic E-state index is -0.601. The van der Waals surface area contributed by atoms with Crippen molar-refractivity contribution in [2.75, 3.05) is 31.6 Å². The van der Waals surface area contributed by atoms with Gasteiger partial charge in [0.25, 0.3) is 5.91 Å². The van der Waals surface area contributed by atoms with Crippen LogP contribution in [0.5, 0.6) is 0 Å². The van der Waals surface area contributed by atoms with E-state index < -0.39 is 11.7 Å². The predicted octanol–water partition coefficient (Wildman–Crippen LogP) is 3.23. The lowest BCUT2D eigenvalue weighted by Crippen LogP contribution is -2.61. The molecule has 5 rings (SSSR count). The first kappa shape index (κ1) is 24.3. The SMILES string of the molecule is CC(C)(C)OC(=O)Nc1ccc2c(C(=O)N3CC[C@H]4[C@H](C3)OCCN4C(=O)C3=CCCC3)ncn2c1. The van der Waals surface area contributed by atoms with Crippen molar-refractivity contribution in [1.29, 1.82) is 0 Å². The molecule has 3 amide bonds. The van der Waals surface area contributed by atoms with Crippen molar-refractivity contribution in [1.82, 2.24) is 19.2 Å². The summed E-state index contributed by atoms with van der Waals surface area (Å²) in [5.41, 5.74) is 1.84. The zero-order valence-corrected chi connectivity index (χ0v) is 21.0. The smallest absolute Gasteiger partial charge is 0.412 e. The van der Waals surface area contributed by atoms with E-state index in [1.54, 1.807) is 54.7 Å². The Bertz CT molecular complexity index is 1210. The van der Waals surface area contributed by atoms with E-state index >= 15 is 0 Å². The van der Waals surface area contributed by atoms with Crippen molar-refractivity contribution in [3.8, 4) is 0 Å². The summed E-state index contributed by atoms with van der Waals surface area (Å²) in [6.07, 6.45) is 8.09. The summed E-state index contributed by atoms with van der Waals surface area (Å²) in [7, 11) is 0. The molecule has 0 unspecified atom stereocenters. The number of nitrogens with one attached hydrogen (secondary N) is 1. The number of likely N-dealkylation sites (tertiary alicyclic amines) is 1. The van der Waals surface area contributed by atoms with Crippen molar-refractivity contribution in [3.05, 3.63) is 42.0 Å². The van der Waals surface area contributed by atoms with Gasteiger partial charge in [0.15, 0.2) is 5.69 Å². The molecule has 3 aliphatic rings. The standard InChI is InChI=1S/C26H33N5O5/c1-26(2,3)36-25(34)28-18-8-9-20-22(27-16-30(20)14-18)24(33)29-11-10-19-21(15-29)35-13-12-31(19)23(32)17-6-4-5-7-17/h6,8-9,14,16,19,21H,4-5,7,10-13,15H2,1-3H3,(H,28,34)/t19-,21-/m0/s1. The van der Waals surface area contributed by atoms with Gasteiger partial charge < -0.3 is 23.7 Å². The second-order valence-corrected chi connectivity index (χ2v) is 10.6. The van der Waals surface area contributed by atoms with Gasteiger partial charge in [0.2, 0.25) is 5.91 Å². The van der Waals surface area contributed by atoms with Gasteiger partial charge in [-0.2, -0.15) is 0 Å². The molecule has 10 nitrogen and oxygen atoms in total. The fraction of sp³-hybridized carbons (Fsp3) is 0.538. The summed E-state index contributed by atoms with van der Waals surface area (Å²) in [5.74, 6) is -0.0455. The van der Waals surface area contributed by atoms with Gasteiger partial charge in [-0.25, -0.2) is 9.78 Å². The van der Waals surface area contributed by atoms with Gasteiger partial charge in [0, 0.05) is 31.4 Å². The average Bonchev–Trinajstić information content (AvgIpc) is 3.51. The van der Waals surface area contributed by atoms with E-state index in [0.29, 0.717) is 49.6 Å². The molecule has 4 heterocycles. The number of aromatic nitrogens is 2. The van der Waals surface area contributed by atoms with Crippen LogP contribution in [0.4, 0.5) is 10.5 Å². The van der Waals surface area contributed by atoms with Gasteiger partial charge in [-0.05, 0) is 58.6 Å². The molecule has 36 heavy (non-hydrogen) atoms. The molecule has 2 aliphatic heterocycles. The molecular weight excluding hydrogens is 462 g/mol. The van der Waals surface area contributed by atoms with Crippen LogP contribution in [0, 0.1) is 0 Å². The molecule has 2 saturated heterocycles. The number of carbonyl (C=O) groups excluding carboxylic acids is 3. The monoisotopic (exact) mass is 495 g/mol. The number of fused-ring (bicyclic) bond motifs is 2. The van der Waals surface area contributed by atoms with E-state index in [0.717, 1.165) is 24.8 Å². The molecule has 10 heteroatoms. The number of hydrogen-bond acceptors (Lipinski definition) is 6. The van der Waals surface area contributed by atoms with Crippen molar-refractivity contribution in [3.63, 3.8) is 0 Å². The first-order valence-corrected chi connectivity index (χ1v) is 12.6. The van der Waals surface area contributed by atoms with Crippen LogP contribution >= 0.6 is 0 Å². The fourth-order valence-corrected chi connectivity index (χ4v) is 5.19. The Kier molecular flexibility index (Phi) is 6.46. The van der Waals surface area contributed by atoms with E-state index in [9.17, 15) is 14.4 Å². The highest BCUT2D eigenvalue weighted by atomic mass is 16.6. The van der Waals surface area contributed by atoms with Gasteiger partial charge in [0.05, 0.1) is 30.0 Å². The minimum absolute atomic E-state index is 0.0166.